The van der Waals surface area contributed by atoms with E-state index >= 15 is 0 Å². The number of thiophene rings is 1. The van der Waals surface area contributed by atoms with E-state index in [1.54, 1.807) is 22.3 Å². The minimum atomic E-state index is 0.127. The summed E-state index contributed by atoms with van der Waals surface area (Å²) in [5, 5.41) is 11.5. The number of tetrazole rings is 1. The standard InChI is InChI=1S/C19H19N5OS/c1-12-2-5-18(26-12)14-7-15(9-17(8-14)24-11-20-21-22-24)19(25)23-10-13-3-4-16(23)6-13/h2,5,7-9,11,13,16H,3-4,6,10H2,1H3/t13-,16-/m1/s1. The highest BCUT2D eigenvalue weighted by atomic mass is 32.1. The highest BCUT2D eigenvalue weighted by Gasteiger charge is 2.40. The van der Waals surface area contributed by atoms with Crippen LogP contribution in [0.4, 0.5) is 0 Å². The Hall–Kier alpha value is -2.54. The van der Waals surface area contributed by atoms with Crippen molar-refractivity contribution in [1.82, 2.24) is 25.1 Å². The van der Waals surface area contributed by atoms with E-state index in [2.05, 4.69) is 39.5 Å². The van der Waals surface area contributed by atoms with Gasteiger partial charge >= 0.3 is 0 Å². The molecule has 26 heavy (non-hydrogen) atoms. The van der Waals surface area contributed by atoms with Gasteiger partial charge in [-0.2, -0.15) is 0 Å². The van der Waals surface area contributed by atoms with Crippen LogP contribution in [0, 0.1) is 12.8 Å². The molecule has 2 aliphatic rings. The predicted molar refractivity (Wildman–Crippen MR) is 99.4 cm³/mol. The van der Waals surface area contributed by atoms with Crippen molar-refractivity contribution >= 4 is 17.2 Å². The molecule has 1 aromatic carbocycles. The van der Waals surface area contributed by atoms with Crippen LogP contribution in [0.15, 0.2) is 36.7 Å². The maximum Gasteiger partial charge on any atom is 0.254 e. The maximum absolute atomic E-state index is 13.2. The van der Waals surface area contributed by atoms with Crippen LogP contribution in [0.5, 0.6) is 0 Å². The van der Waals surface area contributed by atoms with E-state index in [0.29, 0.717) is 17.5 Å². The molecule has 2 bridgehead atoms. The first kappa shape index (κ1) is 15.7. The summed E-state index contributed by atoms with van der Waals surface area (Å²) in [5.41, 5.74) is 2.56. The maximum atomic E-state index is 13.2. The lowest BCUT2D eigenvalue weighted by Gasteiger charge is -2.27. The van der Waals surface area contributed by atoms with Gasteiger partial charge in [0.25, 0.3) is 5.91 Å². The first-order chi connectivity index (χ1) is 12.7. The zero-order valence-electron chi connectivity index (χ0n) is 14.5. The fraction of sp³-hybridized carbons (Fsp3) is 0.368. The fourth-order valence-electron chi connectivity index (χ4n) is 4.22. The molecule has 0 unspecified atom stereocenters. The zero-order chi connectivity index (χ0) is 17.7. The average molecular weight is 365 g/mol. The van der Waals surface area contributed by atoms with Gasteiger partial charge in [0.05, 0.1) is 5.69 Å². The summed E-state index contributed by atoms with van der Waals surface area (Å²) in [4.78, 5) is 17.7. The van der Waals surface area contributed by atoms with Crippen LogP contribution in [0.2, 0.25) is 0 Å². The first-order valence-electron chi connectivity index (χ1n) is 8.93. The van der Waals surface area contributed by atoms with Gasteiger partial charge in [0.2, 0.25) is 0 Å². The Bertz CT molecular complexity index is 964. The van der Waals surface area contributed by atoms with E-state index in [-0.39, 0.29) is 5.91 Å². The van der Waals surface area contributed by atoms with Crippen LogP contribution in [0.25, 0.3) is 16.1 Å². The summed E-state index contributed by atoms with van der Waals surface area (Å²) in [7, 11) is 0. The highest BCUT2D eigenvalue weighted by molar-refractivity contribution is 7.15. The van der Waals surface area contributed by atoms with E-state index in [9.17, 15) is 4.79 Å². The summed E-state index contributed by atoms with van der Waals surface area (Å²) < 4.78 is 1.61. The Morgan fingerprint density at radius 2 is 2.15 bits per heavy atom. The normalized spacial score (nSPS) is 21.5. The third-order valence-corrected chi connectivity index (χ3v) is 6.52. The zero-order valence-corrected chi connectivity index (χ0v) is 15.3. The number of piperidine rings is 1. The summed E-state index contributed by atoms with van der Waals surface area (Å²) in [6.07, 6.45) is 5.12. The second-order valence-corrected chi connectivity index (χ2v) is 8.51. The number of hydrogen-bond donors (Lipinski definition) is 0. The molecule has 0 spiro atoms. The van der Waals surface area contributed by atoms with Gasteiger partial charge in [-0.3, -0.25) is 4.79 Å². The van der Waals surface area contributed by atoms with Gasteiger partial charge in [0.15, 0.2) is 0 Å². The molecule has 1 saturated carbocycles. The van der Waals surface area contributed by atoms with E-state index in [4.69, 9.17) is 0 Å². The number of amides is 1. The minimum absolute atomic E-state index is 0.127. The number of benzene rings is 1. The third-order valence-electron chi connectivity index (χ3n) is 5.47. The van der Waals surface area contributed by atoms with Crippen molar-refractivity contribution < 1.29 is 4.79 Å². The van der Waals surface area contributed by atoms with Crippen LogP contribution in [-0.4, -0.2) is 43.6 Å². The number of likely N-dealkylation sites (tertiary alicyclic amines) is 1. The summed E-state index contributed by atoms with van der Waals surface area (Å²) >= 11 is 1.73. The van der Waals surface area contributed by atoms with Gasteiger partial charge in [-0.1, -0.05) is 0 Å². The molecule has 0 N–H and O–H groups in total. The van der Waals surface area contributed by atoms with E-state index < -0.39 is 0 Å². The molecule has 2 fully saturated rings. The Labute approximate surface area is 155 Å². The van der Waals surface area contributed by atoms with Crippen molar-refractivity contribution in [2.45, 2.75) is 32.2 Å². The molecule has 2 atom stereocenters. The van der Waals surface area contributed by atoms with E-state index in [0.717, 1.165) is 35.5 Å². The molecule has 0 radical (unpaired) electrons. The van der Waals surface area contributed by atoms with Crippen LogP contribution >= 0.6 is 11.3 Å². The highest BCUT2D eigenvalue weighted by Crippen LogP contribution is 2.38. The van der Waals surface area contributed by atoms with Crippen LogP contribution < -0.4 is 0 Å². The van der Waals surface area contributed by atoms with E-state index in [1.807, 2.05) is 18.2 Å². The number of hydrogen-bond acceptors (Lipinski definition) is 5. The van der Waals surface area contributed by atoms with Gasteiger partial charge in [-0.05, 0) is 78.4 Å². The number of aromatic nitrogens is 4. The molecule has 2 aromatic heterocycles. The van der Waals surface area contributed by atoms with Crippen molar-refractivity contribution in [3.8, 4) is 16.1 Å². The lowest BCUT2D eigenvalue weighted by atomic mass is 10.0. The molecule has 1 saturated heterocycles. The molecule has 1 amide bonds. The largest absolute Gasteiger partial charge is 0.335 e. The van der Waals surface area contributed by atoms with Crippen molar-refractivity contribution in [3.63, 3.8) is 0 Å². The fourth-order valence-corrected chi connectivity index (χ4v) is 5.07. The topological polar surface area (TPSA) is 63.9 Å². The Kier molecular flexibility index (Phi) is 3.63. The minimum Gasteiger partial charge on any atom is -0.335 e. The third kappa shape index (κ3) is 2.63. The second-order valence-electron chi connectivity index (χ2n) is 7.22. The number of rotatable bonds is 3. The van der Waals surface area contributed by atoms with Crippen LogP contribution in [-0.2, 0) is 0 Å². The first-order valence-corrected chi connectivity index (χ1v) is 9.75. The molecule has 5 rings (SSSR count). The SMILES string of the molecule is Cc1ccc(-c2cc(C(=O)N3C[C@@H]4CC[C@@H]3C4)cc(-n3cnnn3)c2)s1. The Balaban J connectivity index is 1.58. The van der Waals surface area contributed by atoms with Gasteiger partial charge in [0, 0.05) is 27.9 Å². The average Bonchev–Trinajstić information content (AvgIpc) is 3.44. The molecule has 3 aromatic rings. The summed E-state index contributed by atoms with van der Waals surface area (Å²) in [6, 6.07) is 10.6. The van der Waals surface area contributed by atoms with Gasteiger partial charge in [0.1, 0.15) is 6.33 Å². The number of carbonyl (C=O) groups excluding carboxylic acids is 1. The van der Waals surface area contributed by atoms with Crippen molar-refractivity contribution in [3.05, 3.63) is 47.1 Å². The number of aryl methyl sites for hydroxylation is 1. The Morgan fingerprint density at radius 3 is 2.81 bits per heavy atom. The van der Waals surface area contributed by atoms with Gasteiger partial charge < -0.3 is 4.90 Å². The van der Waals surface area contributed by atoms with Crippen molar-refractivity contribution in [2.24, 2.45) is 5.92 Å². The number of fused-ring (bicyclic) bond motifs is 2. The molecule has 3 heterocycles. The molecule has 1 aliphatic heterocycles. The summed E-state index contributed by atoms with van der Waals surface area (Å²) in [5.74, 6) is 0.813. The van der Waals surface area contributed by atoms with Crippen molar-refractivity contribution in [1.29, 1.82) is 0 Å². The lowest BCUT2D eigenvalue weighted by molar-refractivity contribution is 0.0703. The van der Waals surface area contributed by atoms with Crippen molar-refractivity contribution in [2.75, 3.05) is 6.54 Å². The summed E-state index contributed by atoms with van der Waals surface area (Å²) in [6.45, 7) is 2.98. The monoisotopic (exact) mass is 365 g/mol. The Morgan fingerprint density at radius 1 is 1.23 bits per heavy atom. The predicted octanol–water partition coefficient (Wildman–Crippen LogP) is 3.32. The number of carbonyl (C=O) groups is 1. The smallest absolute Gasteiger partial charge is 0.254 e. The molecular formula is C19H19N5OS. The van der Waals surface area contributed by atoms with Crippen LogP contribution in [0.1, 0.15) is 34.5 Å². The van der Waals surface area contributed by atoms with Gasteiger partial charge in [-0.15, -0.1) is 16.4 Å². The molecule has 6 nitrogen and oxygen atoms in total. The molecule has 7 heteroatoms. The number of nitrogens with zero attached hydrogens (tertiary/aromatic N) is 5. The molecule has 1 aliphatic carbocycles. The lowest BCUT2D eigenvalue weighted by Crippen LogP contribution is -2.37. The quantitative estimate of drug-likeness (QED) is 0.714. The van der Waals surface area contributed by atoms with Gasteiger partial charge in [-0.25, -0.2) is 4.68 Å². The second kappa shape index (κ2) is 6.02. The van der Waals surface area contributed by atoms with E-state index in [1.165, 1.54) is 11.3 Å². The molecular weight excluding hydrogens is 346 g/mol. The molecule has 132 valence electrons. The van der Waals surface area contributed by atoms with Crippen LogP contribution in [0.3, 0.4) is 0 Å².